The van der Waals surface area contributed by atoms with Crippen LogP contribution in [0, 0.1) is 18.3 Å². The fourth-order valence-corrected chi connectivity index (χ4v) is 5.79. The summed E-state index contributed by atoms with van der Waals surface area (Å²) in [7, 11) is -3.51. The van der Waals surface area contributed by atoms with E-state index >= 15 is 0 Å². The van der Waals surface area contributed by atoms with Crippen LogP contribution in [0.4, 0.5) is 0 Å². The van der Waals surface area contributed by atoms with Crippen LogP contribution in [0.5, 0.6) is 0 Å². The highest BCUT2D eigenvalue weighted by Crippen LogP contribution is 2.39. The molecule has 2 aliphatic rings. The van der Waals surface area contributed by atoms with Crippen molar-refractivity contribution in [2.75, 3.05) is 0 Å². The molecule has 3 rings (SSSR count). The highest BCUT2D eigenvalue weighted by atomic mass is 32.2. The molecule has 2 saturated heterocycles. The fourth-order valence-electron chi connectivity index (χ4n) is 3.69. The summed E-state index contributed by atoms with van der Waals surface area (Å²) < 4.78 is 27.6. The van der Waals surface area contributed by atoms with Crippen LogP contribution < -0.4 is 5.73 Å². The van der Waals surface area contributed by atoms with Gasteiger partial charge in [-0.3, -0.25) is 0 Å². The van der Waals surface area contributed by atoms with Crippen LogP contribution in [0.15, 0.2) is 23.1 Å². The van der Waals surface area contributed by atoms with E-state index in [4.69, 9.17) is 11.0 Å². The topological polar surface area (TPSA) is 87.2 Å². The van der Waals surface area contributed by atoms with Crippen LogP contribution in [-0.4, -0.2) is 30.8 Å². The quantitative estimate of drug-likeness (QED) is 0.897. The van der Waals surface area contributed by atoms with Crippen LogP contribution in [-0.2, 0) is 10.0 Å². The van der Waals surface area contributed by atoms with Gasteiger partial charge in [-0.1, -0.05) is 0 Å². The average Bonchev–Trinajstić information content (AvgIpc) is 2.72. The molecule has 2 aliphatic heterocycles. The SMILES string of the molecule is Cc1cc(C#N)ccc1S(=O)(=O)N1C2CCC1CC(N)C2. The molecule has 1 aromatic carbocycles. The minimum atomic E-state index is -3.51. The lowest BCUT2D eigenvalue weighted by Gasteiger charge is -2.36. The van der Waals surface area contributed by atoms with E-state index in [0.717, 1.165) is 25.7 Å². The summed E-state index contributed by atoms with van der Waals surface area (Å²) in [6.45, 7) is 1.74. The zero-order valence-electron chi connectivity index (χ0n) is 12.0. The maximum Gasteiger partial charge on any atom is 0.243 e. The Balaban J connectivity index is 2.00. The van der Waals surface area contributed by atoms with Gasteiger partial charge in [-0.2, -0.15) is 9.57 Å². The standard InChI is InChI=1S/C15H19N3O2S/c1-10-6-11(9-16)2-5-15(10)21(19,20)18-13-3-4-14(18)8-12(17)7-13/h2,5-6,12-14H,3-4,7-8,17H2,1H3. The molecule has 0 amide bonds. The molecule has 0 radical (unpaired) electrons. The third-order valence-electron chi connectivity index (χ3n) is 4.56. The number of fused-ring (bicyclic) bond motifs is 2. The van der Waals surface area contributed by atoms with Crippen molar-refractivity contribution in [2.24, 2.45) is 5.73 Å². The first-order chi connectivity index (χ1) is 9.93. The Kier molecular flexibility index (Phi) is 3.52. The third-order valence-corrected chi connectivity index (χ3v) is 6.73. The van der Waals surface area contributed by atoms with Crippen LogP contribution >= 0.6 is 0 Å². The fraction of sp³-hybridized carbons (Fsp3) is 0.533. The van der Waals surface area contributed by atoms with E-state index in [-0.39, 0.29) is 18.1 Å². The predicted molar refractivity (Wildman–Crippen MR) is 78.9 cm³/mol. The number of rotatable bonds is 2. The molecule has 0 aliphatic carbocycles. The molecular weight excluding hydrogens is 286 g/mol. The van der Waals surface area contributed by atoms with E-state index < -0.39 is 10.0 Å². The van der Waals surface area contributed by atoms with Gasteiger partial charge in [-0.05, 0) is 56.4 Å². The minimum Gasteiger partial charge on any atom is -0.328 e. The molecule has 2 heterocycles. The Bertz CT molecular complexity index is 694. The summed E-state index contributed by atoms with van der Waals surface area (Å²) in [5.74, 6) is 0. The normalized spacial score (nSPS) is 29.3. The van der Waals surface area contributed by atoms with Crippen molar-refractivity contribution < 1.29 is 8.42 Å². The molecular formula is C15H19N3O2S. The number of hydrogen-bond donors (Lipinski definition) is 1. The largest absolute Gasteiger partial charge is 0.328 e. The van der Waals surface area contributed by atoms with Gasteiger partial charge < -0.3 is 5.73 Å². The smallest absolute Gasteiger partial charge is 0.243 e. The van der Waals surface area contributed by atoms with Gasteiger partial charge in [-0.15, -0.1) is 0 Å². The van der Waals surface area contributed by atoms with Gasteiger partial charge in [0.05, 0.1) is 16.5 Å². The highest BCUT2D eigenvalue weighted by Gasteiger charge is 2.46. The van der Waals surface area contributed by atoms with E-state index in [1.165, 1.54) is 0 Å². The molecule has 2 N–H and O–H groups in total. The summed E-state index contributed by atoms with van der Waals surface area (Å²) in [6.07, 6.45) is 3.27. The Morgan fingerprint density at radius 3 is 2.43 bits per heavy atom. The van der Waals surface area contributed by atoms with Crippen molar-refractivity contribution in [2.45, 2.75) is 55.6 Å². The second-order valence-corrected chi connectivity index (χ2v) is 7.86. The first-order valence-electron chi connectivity index (χ1n) is 7.23. The molecule has 5 nitrogen and oxygen atoms in total. The monoisotopic (exact) mass is 305 g/mol. The highest BCUT2D eigenvalue weighted by molar-refractivity contribution is 7.89. The van der Waals surface area contributed by atoms with E-state index in [0.29, 0.717) is 16.0 Å². The molecule has 112 valence electrons. The van der Waals surface area contributed by atoms with E-state index in [1.807, 2.05) is 6.07 Å². The Labute approximate surface area is 125 Å². The van der Waals surface area contributed by atoms with E-state index in [9.17, 15) is 8.42 Å². The first kappa shape index (κ1) is 14.5. The van der Waals surface area contributed by atoms with Gasteiger partial charge in [0, 0.05) is 18.1 Å². The van der Waals surface area contributed by atoms with Crippen LogP contribution in [0.3, 0.4) is 0 Å². The number of aryl methyl sites for hydroxylation is 1. The molecule has 1 aromatic rings. The number of nitriles is 1. The summed E-state index contributed by atoms with van der Waals surface area (Å²) in [6, 6.07) is 6.95. The average molecular weight is 305 g/mol. The predicted octanol–water partition coefficient (Wildman–Crippen LogP) is 1.51. The van der Waals surface area contributed by atoms with Crippen molar-refractivity contribution in [1.29, 1.82) is 5.26 Å². The van der Waals surface area contributed by atoms with Gasteiger partial charge in [-0.25, -0.2) is 8.42 Å². The maximum absolute atomic E-state index is 13.0. The molecule has 21 heavy (non-hydrogen) atoms. The van der Waals surface area contributed by atoms with Crippen molar-refractivity contribution in [3.63, 3.8) is 0 Å². The van der Waals surface area contributed by atoms with Crippen molar-refractivity contribution in [1.82, 2.24) is 4.31 Å². The maximum atomic E-state index is 13.0. The summed E-state index contributed by atoms with van der Waals surface area (Å²) in [5, 5.41) is 8.90. The first-order valence-corrected chi connectivity index (χ1v) is 8.67. The molecule has 6 heteroatoms. The van der Waals surface area contributed by atoms with Gasteiger partial charge >= 0.3 is 0 Å². The van der Waals surface area contributed by atoms with E-state index in [1.54, 1.807) is 29.4 Å². The molecule has 2 bridgehead atoms. The van der Waals surface area contributed by atoms with Gasteiger partial charge in [0.1, 0.15) is 0 Å². The number of nitrogens with zero attached hydrogens (tertiary/aromatic N) is 2. The lowest BCUT2D eigenvalue weighted by atomic mass is 10.0. The number of hydrogen-bond acceptors (Lipinski definition) is 4. The van der Waals surface area contributed by atoms with Gasteiger partial charge in [0.15, 0.2) is 0 Å². The zero-order chi connectivity index (χ0) is 15.2. The molecule has 0 aromatic heterocycles. The van der Waals surface area contributed by atoms with Crippen molar-refractivity contribution in [3.05, 3.63) is 29.3 Å². The minimum absolute atomic E-state index is 0.0267. The van der Waals surface area contributed by atoms with Crippen molar-refractivity contribution >= 4 is 10.0 Å². The van der Waals surface area contributed by atoms with Crippen LogP contribution in [0.25, 0.3) is 0 Å². The molecule has 2 fully saturated rings. The molecule has 2 atom stereocenters. The number of benzene rings is 1. The number of nitrogens with two attached hydrogens (primary N) is 1. The zero-order valence-corrected chi connectivity index (χ0v) is 12.8. The van der Waals surface area contributed by atoms with Crippen LogP contribution in [0.2, 0.25) is 0 Å². The van der Waals surface area contributed by atoms with Gasteiger partial charge in [0.25, 0.3) is 0 Å². The summed E-state index contributed by atoms with van der Waals surface area (Å²) in [4.78, 5) is 0.314. The van der Waals surface area contributed by atoms with Gasteiger partial charge in [0.2, 0.25) is 10.0 Å². The summed E-state index contributed by atoms with van der Waals surface area (Å²) >= 11 is 0. The summed E-state index contributed by atoms with van der Waals surface area (Å²) in [5.41, 5.74) is 7.12. The Morgan fingerprint density at radius 2 is 1.90 bits per heavy atom. The second kappa shape index (κ2) is 5.09. The molecule has 0 saturated carbocycles. The lowest BCUT2D eigenvalue weighted by Crippen LogP contribution is -2.50. The third kappa shape index (κ3) is 2.35. The molecule has 2 unspecified atom stereocenters. The van der Waals surface area contributed by atoms with E-state index in [2.05, 4.69) is 0 Å². The Hall–Kier alpha value is -1.42. The lowest BCUT2D eigenvalue weighted by molar-refractivity contribution is 0.227. The van der Waals surface area contributed by atoms with Crippen molar-refractivity contribution in [3.8, 4) is 6.07 Å². The van der Waals surface area contributed by atoms with Crippen LogP contribution in [0.1, 0.15) is 36.8 Å². The molecule has 0 spiro atoms. The number of piperidine rings is 1. The number of sulfonamides is 1. The second-order valence-electron chi connectivity index (χ2n) is 6.04. The Morgan fingerprint density at radius 1 is 1.29 bits per heavy atom.